The van der Waals surface area contributed by atoms with Crippen molar-refractivity contribution in [3.05, 3.63) is 58.5 Å². The monoisotopic (exact) mass is 302 g/mol. The number of nitrogens with one attached hydrogen (secondary N) is 3. The second kappa shape index (κ2) is 7.58. The maximum absolute atomic E-state index is 11.7. The summed E-state index contributed by atoms with van der Waals surface area (Å²) >= 11 is 0. The van der Waals surface area contributed by atoms with Crippen LogP contribution in [0.1, 0.15) is 10.5 Å². The minimum Gasteiger partial charge on any atom is -0.410 e. The SMILES string of the molecule is O=C(NCCNC(=O)c1ccc(=O)[nH]n1)Oc1ccccc1. The smallest absolute Gasteiger partial charge is 0.410 e. The Balaban J connectivity index is 1.68. The van der Waals surface area contributed by atoms with Gasteiger partial charge in [0.25, 0.3) is 11.5 Å². The van der Waals surface area contributed by atoms with Crippen LogP contribution in [0.4, 0.5) is 4.79 Å². The zero-order valence-electron chi connectivity index (χ0n) is 11.5. The molecule has 0 bridgehead atoms. The Hall–Kier alpha value is -3.16. The third-order valence-corrected chi connectivity index (χ3v) is 2.55. The first-order valence-corrected chi connectivity index (χ1v) is 6.50. The maximum Gasteiger partial charge on any atom is 0.412 e. The molecule has 0 aliphatic carbocycles. The van der Waals surface area contributed by atoms with Crippen LogP contribution in [0.25, 0.3) is 0 Å². The average Bonchev–Trinajstić information content (AvgIpc) is 2.53. The van der Waals surface area contributed by atoms with E-state index in [-0.39, 0.29) is 24.3 Å². The number of aromatic nitrogens is 2. The highest BCUT2D eigenvalue weighted by Crippen LogP contribution is 2.07. The second-order valence-corrected chi connectivity index (χ2v) is 4.19. The molecule has 0 atom stereocenters. The van der Waals surface area contributed by atoms with Crippen LogP contribution in [0.2, 0.25) is 0 Å². The van der Waals surface area contributed by atoms with E-state index in [1.165, 1.54) is 12.1 Å². The third kappa shape index (κ3) is 4.75. The van der Waals surface area contributed by atoms with Gasteiger partial charge in [-0.15, -0.1) is 0 Å². The highest BCUT2D eigenvalue weighted by atomic mass is 16.6. The van der Waals surface area contributed by atoms with Gasteiger partial charge in [-0.2, -0.15) is 5.10 Å². The molecule has 8 heteroatoms. The number of hydrogen-bond donors (Lipinski definition) is 3. The van der Waals surface area contributed by atoms with Gasteiger partial charge in [0.15, 0.2) is 0 Å². The molecule has 0 saturated heterocycles. The molecule has 3 N–H and O–H groups in total. The number of carbonyl (C=O) groups is 2. The quantitative estimate of drug-likeness (QED) is 0.687. The zero-order chi connectivity index (χ0) is 15.8. The maximum atomic E-state index is 11.7. The molecular weight excluding hydrogens is 288 g/mol. The standard InChI is InChI=1S/C14H14N4O4/c19-12-7-6-11(17-18-12)13(20)15-8-9-16-14(21)22-10-4-2-1-3-5-10/h1-7H,8-9H2,(H,15,20)(H,16,21)(H,18,19). The van der Waals surface area contributed by atoms with E-state index in [2.05, 4.69) is 20.8 Å². The molecule has 0 aliphatic rings. The van der Waals surface area contributed by atoms with Gasteiger partial charge in [0, 0.05) is 19.2 Å². The van der Waals surface area contributed by atoms with Gasteiger partial charge in [-0.1, -0.05) is 18.2 Å². The summed E-state index contributed by atoms with van der Waals surface area (Å²) < 4.78 is 5.00. The Labute approximate surface area is 125 Å². The van der Waals surface area contributed by atoms with E-state index in [1.807, 2.05) is 6.07 Å². The fourth-order valence-electron chi connectivity index (χ4n) is 1.53. The molecule has 0 spiro atoms. The number of para-hydroxylation sites is 1. The van der Waals surface area contributed by atoms with Gasteiger partial charge in [0.05, 0.1) is 0 Å². The van der Waals surface area contributed by atoms with Crippen molar-refractivity contribution in [1.82, 2.24) is 20.8 Å². The predicted molar refractivity (Wildman–Crippen MR) is 77.7 cm³/mol. The number of rotatable bonds is 5. The molecule has 1 aromatic heterocycles. The first-order chi connectivity index (χ1) is 10.6. The number of aromatic amines is 1. The zero-order valence-corrected chi connectivity index (χ0v) is 11.5. The summed E-state index contributed by atoms with van der Waals surface area (Å²) in [6.07, 6.45) is -0.609. The Morgan fingerprint density at radius 3 is 2.45 bits per heavy atom. The van der Waals surface area contributed by atoms with Crippen LogP contribution >= 0.6 is 0 Å². The van der Waals surface area contributed by atoms with Crippen molar-refractivity contribution in [2.24, 2.45) is 0 Å². The number of amides is 2. The van der Waals surface area contributed by atoms with Crippen molar-refractivity contribution < 1.29 is 14.3 Å². The van der Waals surface area contributed by atoms with Gasteiger partial charge in [-0.3, -0.25) is 9.59 Å². The molecule has 1 heterocycles. The van der Waals surface area contributed by atoms with Crippen molar-refractivity contribution in [1.29, 1.82) is 0 Å². The summed E-state index contributed by atoms with van der Waals surface area (Å²) in [7, 11) is 0. The number of hydrogen-bond acceptors (Lipinski definition) is 5. The third-order valence-electron chi connectivity index (χ3n) is 2.55. The molecule has 0 saturated carbocycles. The lowest BCUT2D eigenvalue weighted by molar-refractivity contribution is 0.0947. The van der Waals surface area contributed by atoms with Gasteiger partial charge in [0.1, 0.15) is 11.4 Å². The highest BCUT2D eigenvalue weighted by molar-refractivity contribution is 5.91. The summed E-state index contributed by atoms with van der Waals surface area (Å²) in [5, 5.41) is 10.8. The van der Waals surface area contributed by atoms with Crippen molar-refractivity contribution in [3.63, 3.8) is 0 Å². The molecule has 0 aliphatic heterocycles. The highest BCUT2D eigenvalue weighted by Gasteiger charge is 2.07. The van der Waals surface area contributed by atoms with Crippen molar-refractivity contribution in [2.45, 2.75) is 0 Å². The summed E-state index contributed by atoms with van der Waals surface area (Å²) in [4.78, 5) is 33.9. The predicted octanol–water partition coefficient (Wildman–Crippen LogP) is 0.288. The minimum absolute atomic E-state index is 0.0893. The molecule has 2 rings (SSSR count). The molecule has 0 unspecified atom stereocenters. The molecule has 0 radical (unpaired) electrons. The van der Waals surface area contributed by atoms with E-state index in [0.717, 1.165) is 0 Å². The van der Waals surface area contributed by atoms with Crippen LogP contribution in [0.5, 0.6) is 5.75 Å². The van der Waals surface area contributed by atoms with E-state index < -0.39 is 12.0 Å². The van der Waals surface area contributed by atoms with Crippen molar-refractivity contribution in [2.75, 3.05) is 13.1 Å². The van der Waals surface area contributed by atoms with Crippen LogP contribution in [-0.2, 0) is 0 Å². The first kappa shape index (κ1) is 15.2. The van der Waals surface area contributed by atoms with Crippen molar-refractivity contribution in [3.8, 4) is 5.75 Å². The second-order valence-electron chi connectivity index (χ2n) is 4.19. The van der Waals surface area contributed by atoms with Crippen LogP contribution in [0.3, 0.4) is 0 Å². The number of benzene rings is 1. The molecule has 0 fully saturated rings. The molecule has 2 amide bonds. The largest absolute Gasteiger partial charge is 0.412 e. The lowest BCUT2D eigenvalue weighted by Gasteiger charge is -2.07. The van der Waals surface area contributed by atoms with Gasteiger partial charge < -0.3 is 15.4 Å². The van der Waals surface area contributed by atoms with E-state index in [9.17, 15) is 14.4 Å². The molecule has 8 nitrogen and oxygen atoms in total. The summed E-state index contributed by atoms with van der Waals surface area (Å²) in [5.74, 6) is -0.0176. The van der Waals surface area contributed by atoms with Crippen LogP contribution in [0.15, 0.2) is 47.3 Å². The summed E-state index contributed by atoms with van der Waals surface area (Å²) in [6.45, 7) is 0.393. The van der Waals surface area contributed by atoms with Gasteiger partial charge in [0.2, 0.25) is 0 Å². The Bertz CT molecular complexity index is 679. The minimum atomic E-state index is -0.609. The Kier molecular flexibility index (Phi) is 5.25. The fourth-order valence-corrected chi connectivity index (χ4v) is 1.53. The summed E-state index contributed by atoms with van der Waals surface area (Å²) in [5.41, 5.74) is -0.298. The summed E-state index contributed by atoms with van der Waals surface area (Å²) in [6, 6.07) is 11.1. The van der Waals surface area contributed by atoms with Gasteiger partial charge in [-0.25, -0.2) is 9.89 Å². The molecule has 1 aromatic carbocycles. The number of ether oxygens (including phenoxy) is 1. The molecular formula is C14H14N4O4. The normalized spacial score (nSPS) is 9.82. The van der Waals surface area contributed by atoms with Crippen molar-refractivity contribution >= 4 is 12.0 Å². The number of nitrogens with zero attached hydrogens (tertiary/aromatic N) is 1. The molecule has 114 valence electrons. The van der Waals surface area contributed by atoms with Crippen LogP contribution in [0, 0.1) is 0 Å². The van der Waals surface area contributed by atoms with E-state index in [4.69, 9.17) is 4.74 Å². The number of carbonyl (C=O) groups excluding carboxylic acids is 2. The molecule has 22 heavy (non-hydrogen) atoms. The Morgan fingerprint density at radius 2 is 1.77 bits per heavy atom. The van der Waals surface area contributed by atoms with Gasteiger partial charge >= 0.3 is 6.09 Å². The van der Waals surface area contributed by atoms with Crippen LogP contribution in [-0.4, -0.2) is 35.3 Å². The first-order valence-electron chi connectivity index (χ1n) is 6.50. The fraction of sp³-hybridized carbons (Fsp3) is 0.143. The van der Waals surface area contributed by atoms with E-state index in [1.54, 1.807) is 24.3 Å². The Morgan fingerprint density at radius 1 is 1.05 bits per heavy atom. The lowest BCUT2D eigenvalue weighted by atomic mass is 10.3. The van der Waals surface area contributed by atoms with E-state index in [0.29, 0.717) is 5.75 Å². The average molecular weight is 302 g/mol. The van der Waals surface area contributed by atoms with Gasteiger partial charge in [-0.05, 0) is 18.2 Å². The van der Waals surface area contributed by atoms with Crippen LogP contribution < -0.4 is 20.9 Å². The number of H-pyrrole nitrogens is 1. The lowest BCUT2D eigenvalue weighted by Crippen LogP contribution is -2.36. The topological polar surface area (TPSA) is 113 Å². The molecule has 2 aromatic rings. The van der Waals surface area contributed by atoms with E-state index >= 15 is 0 Å².